The van der Waals surface area contributed by atoms with Crippen molar-refractivity contribution in [1.82, 2.24) is 5.32 Å². The molecule has 1 aromatic rings. The molecule has 0 bridgehead atoms. The Morgan fingerprint density at radius 2 is 1.82 bits per heavy atom. The fourth-order valence-electron chi connectivity index (χ4n) is 3.52. The van der Waals surface area contributed by atoms with Crippen molar-refractivity contribution in [2.45, 2.75) is 25.8 Å². The molecule has 1 aromatic carbocycles. The van der Waals surface area contributed by atoms with Gasteiger partial charge in [0.1, 0.15) is 5.70 Å². The molecule has 7 nitrogen and oxygen atoms in total. The summed E-state index contributed by atoms with van der Waals surface area (Å²) in [6.45, 7) is 4.04. The molecule has 3 rings (SSSR count). The van der Waals surface area contributed by atoms with Crippen LogP contribution in [0.1, 0.15) is 25.0 Å². The summed E-state index contributed by atoms with van der Waals surface area (Å²) in [4.78, 5) is 39.1. The average molecular weight is 382 g/mol. The number of hydrogen-bond donors (Lipinski definition) is 1. The minimum Gasteiger partial charge on any atom is -0.465 e. The summed E-state index contributed by atoms with van der Waals surface area (Å²) in [5.41, 5.74) is 1.61. The van der Waals surface area contributed by atoms with Gasteiger partial charge in [-0.15, -0.1) is 0 Å². The number of rotatable bonds is 3. The Hall–Kier alpha value is -3.35. The Morgan fingerprint density at radius 1 is 1.11 bits per heavy atom. The first-order valence-electron chi connectivity index (χ1n) is 8.78. The first-order chi connectivity index (χ1) is 13.3. The lowest BCUT2D eigenvalue weighted by atomic mass is 9.77. The van der Waals surface area contributed by atoms with Gasteiger partial charge in [0.25, 0.3) is 0 Å². The summed E-state index contributed by atoms with van der Waals surface area (Å²) in [7, 11) is 2.50. The van der Waals surface area contributed by atoms with Gasteiger partial charge in [-0.25, -0.2) is 9.59 Å². The summed E-state index contributed by atoms with van der Waals surface area (Å²) >= 11 is 0. The van der Waals surface area contributed by atoms with E-state index < -0.39 is 17.4 Å². The van der Waals surface area contributed by atoms with Gasteiger partial charge in [-0.3, -0.25) is 4.79 Å². The molecular formula is C21H22N2O5. The molecule has 1 N–H and O–H groups in total. The highest BCUT2D eigenvalue weighted by Gasteiger charge is 2.39. The van der Waals surface area contributed by atoms with Crippen molar-refractivity contribution in [3.63, 3.8) is 0 Å². The van der Waals surface area contributed by atoms with Crippen molar-refractivity contribution in [3.05, 3.63) is 65.0 Å². The third-order valence-corrected chi connectivity index (χ3v) is 4.91. The molecule has 2 aliphatic heterocycles. The molecule has 0 fully saturated rings. The van der Waals surface area contributed by atoms with Gasteiger partial charge in [0, 0.05) is 12.7 Å². The zero-order chi connectivity index (χ0) is 20.5. The van der Waals surface area contributed by atoms with Crippen LogP contribution >= 0.6 is 0 Å². The SMILES string of the molecule is COC(=O)C1=C(C(=O)OC)N(c2cccc3c2C(C)(C)C(=O)NC3)C=CC=C1. The van der Waals surface area contributed by atoms with Gasteiger partial charge in [-0.2, -0.15) is 0 Å². The zero-order valence-electron chi connectivity index (χ0n) is 16.2. The predicted octanol–water partition coefficient (Wildman–Crippen LogP) is 2.08. The number of fused-ring (bicyclic) bond motifs is 1. The molecular weight excluding hydrogens is 360 g/mol. The number of benzene rings is 1. The maximum absolute atomic E-state index is 12.7. The van der Waals surface area contributed by atoms with Crippen molar-refractivity contribution < 1.29 is 23.9 Å². The van der Waals surface area contributed by atoms with Crippen LogP contribution in [0, 0.1) is 0 Å². The fourth-order valence-corrected chi connectivity index (χ4v) is 3.52. The smallest absolute Gasteiger partial charge is 0.355 e. The summed E-state index contributed by atoms with van der Waals surface area (Å²) in [6.07, 6.45) is 6.51. The first kappa shape index (κ1) is 19.4. The molecule has 0 saturated carbocycles. The lowest BCUT2D eigenvalue weighted by Gasteiger charge is -2.36. The van der Waals surface area contributed by atoms with Gasteiger partial charge < -0.3 is 19.7 Å². The van der Waals surface area contributed by atoms with Crippen LogP contribution in [-0.2, 0) is 35.8 Å². The van der Waals surface area contributed by atoms with Crippen molar-refractivity contribution in [3.8, 4) is 0 Å². The van der Waals surface area contributed by atoms with Crippen LogP contribution in [0.3, 0.4) is 0 Å². The number of nitrogens with zero attached hydrogens (tertiary/aromatic N) is 1. The van der Waals surface area contributed by atoms with Crippen LogP contribution in [0.15, 0.2) is 53.9 Å². The van der Waals surface area contributed by atoms with Gasteiger partial charge in [0.05, 0.1) is 30.9 Å². The Morgan fingerprint density at radius 3 is 2.50 bits per heavy atom. The van der Waals surface area contributed by atoms with Gasteiger partial charge in [-0.1, -0.05) is 18.2 Å². The van der Waals surface area contributed by atoms with Crippen LogP contribution in [0.25, 0.3) is 0 Å². The molecule has 0 aromatic heterocycles. The standard InChI is InChI=1S/C21H22N2O5/c1-21(2)16-13(12-22-20(21)26)8-7-10-15(16)23-11-6-5-9-14(18(24)27-3)17(23)19(25)28-4/h5-11H,12H2,1-4H3,(H,22,26). The van der Waals surface area contributed by atoms with Gasteiger partial charge in [0.2, 0.25) is 5.91 Å². The number of allylic oxidation sites excluding steroid dienone is 2. The fraction of sp³-hybridized carbons (Fsp3) is 0.286. The highest BCUT2D eigenvalue weighted by atomic mass is 16.5. The summed E-state index contributed by atoms with van der Waals surface area (Å²) in [5.74, 6) is -1.46. The Kier molecular flexibility index (Phi) is 5.09. The number of amides is 1. The van der Waals surface area contributed by atoms with Crippen molar-refractivity contribution in [2.24, 2.45) is 0 Å². The topological polar surface area (TPSA) is 84.9 Å². The van der Waals surface area contributed by atoms with E-state index in [9.17, 15) is 14.4 Å². The second-order valence-electron chi connectivity index (χ2n) is 6.94. The summed E-state index contributed by atoms with van der Waals surface area (Å²) < 4.78 is 9.80. The molecule has 0 aliphatic carbocycles. The second kappa shape index (κ2) is 7.34. The molecule has 146 valence electrons. The van der Waals surface area contributed by atoms with E-state index in [1.807, 2.05) is 32.0 Å². The monoisotopic (exact) mass is 382 g/mol. The minimum atomic E-state index is -0.829. The average Bonchev–Trinajstić information content (AvgIpc) is 2.92. The van der Waals surface area contributed by atoms with Crippen LogP contribution in [0.5, 0.6) is 0 Å². The minimum absolute atomic E-state index is 0.0227. The third-order valence-electron chi connectivity index (χ3n) is 4.91. The maximum Gasteiger partial charge on any atom is 0.355 e. The molecule has 2 aliphatic rings. The molecule has 0 spiro atoms. The number of anilines is 1. The second-order valence-corrected chi connectivity index (χ2v) is 6.94. The van der Waals surface area contributed by atoms with E-state index in [4.69, 9.17) is 9.47 Å². The van der Waals surface area contributed by atoms with Crippen molar-refractivity contribution in [1.29, 1.82) is 0 Å². The number of nitrogens with one attached hydrogen (secondary N) is 1. The van der Waals surface area contributed by atoms with Gasteiger partial charge >= 0.3 is 11.9 Å². The Labute approximate surface area is 163 Å². The number of ether oxygens (including phenoxy) is 2. The molecule has 0 radical (unpaired) electrons. The normalized spacial score (nSPS) is 17.6. The van der Waals surface area contributed by atoms with E-state index in [1.165, 1.54) is 20.3 Å². The largest absolute Gasteiger partial charge is 0.465 e. The quantitative estimate of drug-likeness (QED) is 0.806. The first-order valence-corrected chi connectivity index (χ1v) is 8.78. The number of carbonyl (C=O) groups is 3. The zero-order valence-corrected chi connectivity index (χ0v) is 16.2. The Bertz CT molecular complexity index is 940. The van der Waals surface area contributed by atoms with Crippen LogP contribution in [0.2, 0.25) is 0 Å². The molecule has 0 unspecified atom stereocenters. The van der Waals surface area contributed by atoms with E-state index in [0.29, 0.717) is 12.2 Å². The van der Waals surface area contributed by atoms with Crippen LogP contribution in [0.4, 0.5) is 5.69 Å². The van der Waals surface area contributed by atoms with E-state index in [2.05, 4.69) is 5.32 Å². The number of methoxy groups -OCH3 is 2. The molecule has 28 heavy (non-hydrogen) atoms. The maximum atomic E-state index is 12.7. The van der Waals surface area contributed by atoms with E-state index in [0.717, 1.165) is 11.1 Å². The Balaban J connectivity index is 2.30. The molecule has 0 saturated heterocycles. The van der Waals surface area contributed by atoms with E-state index in [-0.39, 0.29) is 17.2 Å². The van der Waals surface area contributed by atoms with E-state index >= 15 is 0 Å². The number of hydrogen-bond acceptors (Lipinski definition) is 6. The van der Waals surface area contributed by atoms with Crippen LogP contribution < -0.4 is 10.2 Å². The van der Waals surface area contributed by atoms with E-state index in [1.54, 1.807) is 23.3 Å². The number of carbonyl (C=O) groups excluding carboxylic acids is 3. The van der Waals surface area contributed by atoms with Crippen molar-refractivity contribution >= 4 is 23.5 Å². The lowest BCUT2D eigenvalue weighted by molar-refractivity contribution is -0.139. The predicted molar refractivity (Wildman–Crippen MR) is 103 cm³/mol. The number of esters is 2. The van der Waals surface area contributed by atoms with Crippen molar-refractivity contribution in [2.75, 3.05) is 19.1 Å². The van der Waals surface area contributed by atoms with Gasteiger partial charge in [-0.05, 0) is 43.2 Å². The van der Waals surface area contributed by atoms with Crippen LogP contribution in [-0.4, -0.2) is 32.1 Å². The highest BCUT2D eigenvalue weighted by Crippen LogP contribution is 2.40. The van der Waals surface area contributed by atoms with Gasteiger partial charge in [0.15, 0.2) is 0 Å². The third kappa shape index (κ3) is 3.09. The lowest BCUT2D eigenvalue weighted by Crippen LogP contribution is -2.45. The molecule has 1 amide bonds. The highest BCUT2D eigenvalue weighted by molar-refractivity contribution is 6.06. The summed E-state index contributed by atoms with van der Waals surface area (Å²) in [5, 5.41) is 2.89. The summed E-state index contributed by atoms with van der Waals surface area (Å²) in [6, 6.07) is 5.59. The molecule has 0 atom stereocenters. The molecule has 2 heterocycles. The molecule has 7 heteroatoms.